The van der Waals surface area contributed by atoms with Gasteiger partial charge in [0.2, 0.25) is 5.89 Å². The number of furan rings is 1. The van der Waals surface area contributed by atoms with Crippen LogP contribution < -0.4 is 4.90 Å². The Morgan fingerprint density at radius 1 is 0.458 bits per heavy atom. The van der Waals surface area contributed by atoms with Crippen LogP contribution in [-0.4, -0.2) is 4.98 Å². The molecule has 4 nitrogen and oxygen atoms in total. The van der Waals surface area contributed by atoms with Crippen LogP contribution in [0.15, 0.2) is 167 Å². The molecular formula is C43H26N2O2S. The Labute approximate surface area is 279 Å². The van der Waals surface area contributed by atoms with Gasteiger partial charge < -0.3 is 13.7 Å². The van der Waals surface area contributed by atoms with E-state index < -0.39 is 0 Å². The van der Waals surface area contributed by atoms with Crippen molar-refractivity contribution < 1.29 is 8.83 Å². The molecule has 0 unspecified atom stereocenters. The lowest BCUT2D eigenvalue weighted by Gasteiger charge is -2.26. The van der Waals surface area contributed by atoms with Crippen molar-refractivity contribution in [2.24, 2.45) is 0 Å². The molecule has 0 bridgehead atoms. The third-order valence-corrected chi connectivity index (χ3v) is 10.2. The number of aromatic nitrogens is 1. The van der Waals surface area contributed by atoms with Gasteiger partial charge in [-0.05, 0) is 78.4 Å². The number of hydrogen-bond donors (Lipinski definition) is 0. The molecule has 10 rings (SSSR count). The van der Waals surface area contributed by atoms with E-state index in [2.05, 4.69) is 114 Å². The minimum absolute atomic E-state index is 0.590. The Hall–Kier alpha value is -6.17. The van der Waals surface area contributed by atoms with Crippen LogP contribution in [0, 0.1) is 0 Å². The van der Waals surface area contributed by atoms with Crippen LogP contribution in [-0.2, 0) is 0 Å². The summed E-state index contributed by atoms with van der Waals surface area (Å²) in [5, 5.41) is 4.62. The molecule has 0 radical (unpaired) electrons. The molecule has 0 fully saturated rings. The SMILES string of the molecule is c1ccc(-c2nc3c(-c4ccc(N(c5ccccc5)c5ccc6sc7ccccc7c6c5)cc4)c4oc5ccccc5c4cc3o2)cc1. The van der Waals surface area contributed by atoms with Crippen molar-refractivity contribution in [1.82, 2.24) is 4.98 Å². The van der Waals surface area contributed by atoms with Gasteiger partial charge in [0.15, 0.2) is 5.58 Å². The molecule has 7 aromatic carbocycles. The van der Waals surface area contributed by atoms with E-state index in [0.29, 0.717) is 5.89 Å². The van der Waals surface area contributed by atoms with E-state index in [1.807, 2.05) is 59.9 Å². The molecular weight excluding hydrogens is 609 g/mol. The first kappa shape index (κ1) is 27.0. The van der Waals surface area contributed by atoms with Gasteiger partial charge in [-0.15, -0.1) is 11.3 Å². The fraction of sp³-hybridized carbons (Fsp3) is 0. The molecule has 0 N–H and O–H groups in total. The Balaban J connectivity index is 1.16. The standard InChI is InChI=1S/C43H26N2O2S/c1-3-11-28(12-4-1)43-44-41-37(47-43)26-35-32-15-7-9-17-36(32)46-42(35)40(41)27-19-21-30(22-20-27)45(29-13-5-2-6-14-29)31-23-24-39-34(25-31)33-16-8-10-18-38(33)48-39/h1-26H. The summed E-state index contributed by atoms with van der Waals surface area (Å²) in [5.41, 5.74) is 9.28. The number of rotatable bonds is 5. The number of thiophene rings is 1. The van der Waals surface area contributed by atoms with Gasteiger partial charge in [-0.1, -0.05) is 84.9 Å². The highest BCUT2D eigenvalue weighted by Crippen LogP contribution is 2.44. The zero-order chi connectivity index (χ0) is 31.6. The number of oxazole rings is 1. The second-order valence-corrected chi connectivity index (χ2v) is 13.0. The summed E-state index contributed by atoms with van der Waals surface area (Å²) in [7, 11) is 0. The van der Waals surface area contributed by atoms with Crippen LogP contribution in [0.25, 0.3) is 75.8 Å². The Bertz CT molecular complexity index is 2780. The molecule has 5 heteroatoms. The number of para-hydroxylation sites is 2. The molecule has 0 aliphatic heterocycles. The number of benzene rings is 7. The van der Waals surface area contributed by atoms with Crippen LogP contribution in [0.5, 0.6) is 0 Å². The maximum Gasteiger partial charge on any atom is 0.227 e. The van der Waals surface area contributed by atoms with Crippen molar-refractivity contribution in [1.29, 1.82) is 0 Å². The van der Waals surface area contributed by atoms with E-state index in [9.17, 15) is 0 Å². The van der Waals surface area contributed by atoms with Crippen molar-refractivity contribution in [3.05, 3.63) is 158 Å². The Morgan fingerprint density at radius 2 is 1.12 bits per heavy atom. The van der Waals surface area contributed by atoms with E-state index in [0.717, 1.165) is 66.8 Å². The predicted molar refractivity (Wildman–Crippen MR) is 200 cm³/mol. The molecule has 10 aromatic rings. The van der Waals surface area contributed by atoms with Gasteiger partial charge in [0, 0.05) is 53.6 Å². The fourth-order valence-corrected chi connectivity index (χ4v) is 7.95. The molecule has 0 atom stereocenters. The first-order valence-electron chi connectivity index (χ1n) is 16.0. The van der Waals surface area contributed by atoms with E-state index in [4.69, 9.17) is 13.8 Å². The molecule has 0 aliphatic carbocycles. The quantitative estimate of drug-likeness (QED) is 0.189. The van der Waals surface area contributed by atoms with Crippen LogP contribution in [0.2, 0.25) is 0 Å². The Morgan fingerprint density at radius 3 is 1.96 bits per heavy atom. The first-order valence-corrected chi connectivity index (χ1v) is 16.8. The lowest BCUT2D eigenvalue weighted by molar-refractivity contribution is 0.620. The second-order valence-electron chi connectivity index (χ2n) is 12.0. The number of hydrogen-bond acceptors (Lipinski definition) is 5. The van der Waals surface area contributed by atoms with Crippen molar-refractivity contribution in [2.45, 2.75) is 0 Å². The minimum Gasteiger partial charge on any atom is -0.455 e. The summed E-state index contributed by atoms with van der Waals surface area (Å²) in [6, 6.07) is 54.9. The van der Waals surface area contributed by atoms with Crippen molar-refractivity contribution >= 4 is 81.6 Å². The van der Waals surface area contributed by atoms with Crippen LogP contribution >= 0.6 is 11.3 Å². The minimum atomic E-state index is 0.590. The van der Waals surface area contributed by atoms with Gasteiger partial charge in [0.05, 0.1) is 5.56 Å². The van der Waals surface area contributed by atoms with Crippen molar-refractivity contribution in [3.8, 4) is 22.6 Å². The maximum absolute atomic E-state index is 6.55. The van der Waals surface area contributed by atoms with Gasteiger partial charge in [0.1, 0.15) is 16.7 Å². The van der Waals surface area contributed by atoms with E-state index >= 15 is 0 Å². The Kier molecular flexibility index (Phi) is 6.01. The van der Waals surface area contributed by atoms with Gasteiger partial charge >= 0.3 is 0 Å². The summed E-state index contributed by atoms with van der Waals surface area (Å²) >= 11 is 1.84. The first-order chi connectivity index (χ1) is 23.8. The zero-order valence-electron chi connectivity index (χ0n) is 25.6. The smallest absolute Gasteiger partial charge is 0.227 e. The molecule has 0 aliphatic rings. The van der Waals surface area contributed by atoms with Gasteiger partial charge in [-0.2, -0.15) is 0 Å². The summed E-state index contributed by atoms with van der Waals surface area (Å²) in [4.78, 5) is 7.36. The average molecular weight is 635 g/mol. The van der Waals surface area contributed by atoms with Crippen LogP contribution in [0.3, 0.4) is 0 Å². The van der Waals surface area contributed by atoms with Crippen LogP contribution in [0.4, 0.5) is 17.1 Å². The predicted octanol–water partition coefficient (Wildman–Crippen LogP) is 12.9. The third-order valence-electron chi connectivity index (χ3n) is 9.09. The monoisotopic (exact) mass is 634 g/mol. The average Bonchev–Trinajstić information content (AvgIpc) is 3.85. The number of anilines is 3. The van der Waals surface area contributed by atoms with E-state index in [1.54, 1.807) is 0 Å². The van der Waals surface area contributed by atoms with Crippen molar-refractivity contribution in [2.75, 3.05) is 4.90 Å². The lowest BCUT2D eigenvalue weighted by atomic mass is 10.00. The van der Waals surface area contributed by atoms with Crippen molar-refractivity contribution in [3.63, 3.8) is 0 Å². The van der Waals surface area contributed by atoms with Gasteiger partial charge in [0.25, 0.3) is 0 Å². The summed E-state index contributed by atoms with van der Waals surface area (Å²) in [6.45, 7) is 0. The molecule has 3 aromatic heterocycles. The zero-order valence-corrected chi connectivity index (χ0v) is 26.4. The molecule has 226 valence electrons. The summed E-state index contributed by atoms with van der Waals surface area (Å²) in [5.74, 6) is 0.590. The second kappa shape index (κ2) is 10.7. The maximum atomic E-state index is 6.55. The summed E-state index contributed by atoms with van der Waals surface area (Å²) in [6.07, 6.45) is 0. The third kappa shape index (κ3) is 4.25. The molecule has 48 heavy (non-hydrogen) atoms. The normalized spacial score (nSPS) is 11.8. The highest BCUT2D eigenvalue weighted by molar-refractivity contribution is 7.25. The van der Waals surface area contributed by atoms with E-state index in [1.165, 1.54) is 20.2 Å². The highest BCUT2D eigenvalue weighted by atomic mass is 32.1. The molecule has 0 saturated carbocycles. The molecule has 0 saturated heterocycles. The number of fused-ring (bicyclic) bond motifs is 7. The molecule has 0 spiro atoms. The van der Waals surface area contributed by atoms with Crippen LogP contribution in [0.1, 0.15) is 0 Å². The molecule has 3 heterocycles. The van der Waals surface area contributed by atoms with Gasteiger partial charge in [-0.25, -0.2) is 4.98 Å². The van der Waals surface area contributed by atoms with Gasteiger partial charge in [-0.3, -0.25) is 0 Å². The number of nitrogens with zero attached hydrogens (tertiary/aromatic N) is 2. The lowest BCUT2D eigenvalue weighted by Crippen LogP contribution is -2.09. The largest absolute Gasteiger partial charge is 0.455 e. The highest BCUT2D eigenvalue weighted by Gasteiger charge is 2.22. The summed E-state index contributed by atoms with van der Waals surface area (Å²) < 4.78 is 15.6. The molecule has 0 amide bonds. The fourth-order valence-electron chi connectivity index (χ4n) is 6.87. The topological polar surface area (TPSA) is 42.4 Å². The van der Waals surface area contributed by atoms with E-state index in [-0.39, 0.29) is 0 Å².